The van der Waals surface area contributed by atoms with Crippen LogP contribution < -0.4 is 41.0 Å². The van der Waals surface area contributed by atoms with Crippen molar-refractivity contribution in [2.24, 2.45) is 11.5 Å². The molecule has 2 atom stereocenters. The zero-order chi connectivity index (χ0) is 35.1. The van der Waals surface area contributed by atoms with Gasteiger partial charge in [0.15, 0.2) is 0 Å². The molecule has 4 aromatic carbocycles. The first-order valence-corrected chi connectivity index (χ1v) is 14.8. The lowest BCUT2D eigenvalue weighted by molar-refractivity contribution is -0.121. The van der Waals surface area contributed by atoms with E-state index in [1.165, 1.54) is 14.2 Å². The van der Waals surface area contributed by atoms with Gasteiger partial charge in [0.1, 0.15) is 23.0 Å². The number of carbonyl (C=O) groups excluding carboxylic acids is 4. The molecule has 0 radical (unpaired) electrons. The molecule has 48 heavy (non-hydrogen) atoms. The van der Waals surface area contributed by atoms with Gasteiger partial charge >= 0.3 is 0 Å². The molecule has 6 N–H and O–H groups in total. The Kier molecular flexibility index (Phi) is 14.1. The molecule has 0 bridgehead atoms. The summed E-state index contributed by atoms with van der Waals surface area (Å²) in [5.41, 5.74) is 14.3. The standard InChI is InChI=1S/2C18H20N2O4/c2*1-23-13-8-9-14(16(10-13)24-2)15(19)11-17(21)20-18(22)12-6-4-3-5-7-12/h2*3-10,15H,11,19H2,1-2H3,(H,20,21,22). The highest BCUT2D eigenvalue weighted by Crippen LogP contribution is 2.31. The van der Waals surface area contributed by atoms with Crippen LogP contribution >= 0.6 is 0 Å². The number of hydrogen-bond acceptors (Lipinski definition) is 10. The summed E-state index contributed by atoms with van der Waals surface area (Å²) in [4.78, 5) is 48.0. The lowest BCUT2D eigenvalue weighted by Gasteiger charge is -2.16. The largest absolute Gasteiger partial charge is 0.497 e. The Morgan fingerprint density at radius 2 is 0.896 bits per heavy atom. The molecule has 0 fully saturated rings. The van der Waals surface area contributed by atoms with Gasteiger partial charge in [-0.15, -0.1) is 0 Å². The number of carbonyl (C=O) groups is 4. The summed E-state index contributed by atoms with van der Waals surface area (Å²) in [5, 5.41) is 4.67. The molecular formula is C36H40N4O8. The van der Waals surface area contributed by atoms with Crippen LogP contribution in [0.3, 0.4) is 0 Å². The molecule has 0 aliphatic heterocycles. The van der Waals surface area contributed by atoms with E-state index < -0.39 is 35.7 Å². The van der Waals surface area contributed by atoms with Crippen molar-refractivity contribution in [3.8, 4) is 23.0 Å². The van der Waals surface area contributed by atoms with E-state index in [0.717, 1.165) is 0 Å². The van der Waals surface area contributed by atoms with E-state index in [0.29, 0.717) is 45.3 Å². The van der Waals surface area contributed by atoms with Gasteiger partial charge in [0.05, 0.1) is 28.4 Å². The molecule has 0 saturated carbocycles. The van der Waals surface area contributed by atoms with E-state index in [1.807, 2.05) is 0 Å². The van der Waals surface area contributed by atoms with Crippen LogP contribution in [0.5, 0.6) is 23.0 Å². The fourth-order valence-electron chi connectivity index (χ4n) is 4.55. The topological polar surface area (TPSA) is 181 Å². The van der Waals surface area contributed by atoms with Crippen molar-refractivity contribution in [2.45, 2.75) is 24.9 Å². The number of ether oxygens (including phenoxy) is 4. The number of amides is 4. The van der Waals surface area contributed by atoms with Crippen LogP contribution in [-0.2, 0) is 9.59 Å². The van der Waals surface area contributed by atoms with Crippen molar-refractivity contribution in [3.05, 3.63) is 119 Å². The smallest absolute Gasteiger partial charge is 0.257 e. The summed E-state index contributed by atoms with van der Waals surface area (Å²) in [5.74, 6) is 0.526. The summed E-state index contributed by atoms with van der Waals surface area (Å²) >= 11 is 0. The van der Waals surface area contributed by atoms with Crippen LogP contribution in [-0.4, -0.2) is 52.1 Å². The van der Waals surface area contributed by atoms with Crippen molar-refractivity contribution < 1.29 is 38.1 Å². The minimum absolute atomic E-state index is 0.0404. The van der Waals surface area contributed by atoms with E-state index >= 15 is 0 Å². The van der Waals surface area contributed by atoms with Gasteiger partial charge in [-0.25, -0.2) is 0 Å². The lowest BCUT2D eigenvalue weighted by atomic mass is 10.0. The highest BCUT2D eigenvalue weighted by molar-refractivity contribution is 6.05. The highest BCUT2D eigenvalue weighted by Gasteiger charge is 2.20. The van der Waals surface area contributed by atoms with Gasteiger partial charge < -0.3 is 30.4 Å². The monoisotopic (exact) mass is 656 g/mol. The van der Waals surface area contributed by atoms with Gasteiger partial charge in [-0.05, 0) is 36.4 Å². The highest BCUT2D eigenvalue weighted by atomic mass is 16.5. The molecular weight excluding hydrogens is 616 g/mol. The average molecular weight is 657 g/mol. The van der Waals surface area contributed by atoms with Gasteiger partial charge in [-0.3, -0.25) is 29.8 Å². The van der Waals surface area contributed by atoms with Crippen LogP contribution in [0.1, 0.15) is 56.8 Å². The third-order valence-electron chi connectivity index (χ3n) is 7.07. The predicted octanol–water partition coefficient (Wildman–Crippen LogP) is 4.10. The molecule has 12 nitrogen and oxygen atoms in total. The summed E-state index contributed by atoms with van der Waals surface area (Å²) in [7, 11) is 6.14. The van der Waals surface area contributed by atoms with Crippen LogP contribution in [0.15, 0.2) is 97.1 Å². The van der Waals surface area contributed by atoms with E-state index in [4.69, 9.17) is 30.4 Å². The molecule has 0 aliphatic carbocycles. The molecule has 2 unspecified atom stereocenters. The molecule has 12 heteroatoms. The predicted molar refractivity (Wildman–Crippen MR) is 180 cm³/mol. The average Bonchev–Trinajstić information content (AvgIpc) is 3.11. The molecule has 0 spiro atoms. The second-order valence-corrected chi connectivity index (χ2v) is 10.3. The Hall–Kier alpha value is -5.72. The Balaban J connectivity index is 0.000000260. The lowest BCUT2D eigenvalue weighted by Crippen LogP contribution is -2.32. The second-order valence-electron chi connectivity index (χ2n) is 10.3. The maximum atomic E-state index is 12.1. The van der Waals surface area contributed by atoms with Gasteiger partial charge in [-0.2, -0.15) is 0 Å². The number of methoxy groups -OCH3 is 4. The molecule has 0 heterocycles. The molecule has 0 saturated heterocycles. The number of rotatable bonds is 12. The van der Waals surface area contributed by atoms with Crippen molar-refractivity contribution in [3.63, 3.8) is 0 Å². The molecule has 0 aliphatic rings. The van der Waals surface area contributed by atoms with Gasteiger partial charge in [0.2, 0.25) is 11.8 Å². The number of benzene rings is 4. The van der Waals surface area contributed by atoms with E-state index in [9.17, 15) is 19.2 Å². The van der Waals surface area contributed by atoms with Crippen LogP contribution in [0.4, 0.5) is 0 Å². The van der Waals surface area contributed by atoms with Crippen molar-refractivity contribution >= 4 is 23.6 Å². The molecule has 4 aromatic rings. The minimum atomic E-state index is -0.602. The first kappa shape index (κ1) is 36.7. The molecule has 4 rings (SSSR count). The summed E-state index contributed by atoms with van der Waals surface area (Å²) in [6.45, 7) is 0. The Morgan fingerprint density at radius 1 is 0.542 bits per heavy atom. The second kappa shape index (κ2) is 18.4. The quantitative estimate of drug-likeness (QED) is 0.173. The number of nitrogens with one attached hydrogen (secondary N) is 2. The van der Waals surface area contributed by atoms with Crippen LogP contribution in [0.25, 0.3) is 0 Å². The summed E-state index contributed by atoms with van der Waals surface area (Å²) in [6, 6.07) is 26.2. The maximum absolute atomic E-state index is 12.1. The third kappa shape index (κ3) is 10.7. The van der Waals surface area contributed by atoms with E-state index in [1.54, 1.807) is 111 Å². The first-order valence-electron chi connectivity index (χ1n) is 14.8. The molecule has 252 valence electrons. The SMILES string of the molecule is COc1ccc(C(N)CC(=O)NC(=O)c2ccccc2)c(OC)c1.COc1ccc(C(N)CC(=O)NC(=O)c2ccccc2)c(OC)c1. The van der Waals surface area contributed by atoms with Crippen molar-refractivity contribution in [1.29, 1.82) is 0 Å². The van der Waals surface area contributed by atoms with Crippen molar-refractivity contribution in [2.75, 3.05) is 28.4 Å². The normalized spacial score (nSPS) is 11.5. The fourth-order valence-corrected chi connectivity index (χ4v) is 4.55. The van der Waals surface area contributed by atoms with Crippen LogP contribution in [0.2, 0.25) is 0 Å². The maximum Gasteiger partial charge on any atom is 0.257 e. The Morgan fingerprint density at radius 3 is 1.21 bits per heavy atom. The van der Waals surface area contributed by atoms with E-state index in [2.05, 4.69) is 10.6 Å². The van der Waals surface area contributed by atoms with Gasteiger partial charge in [-0.1, -0.05) is 48.5 Å². The Bertz CT molecular complexity index is 1560. The number of imide groups is 2. The Labute approximate surface area is 279 Å². The molecule has 0 aromatic heterocycles. The number of nitrogens with two attached hydrogens (primary N) is 2. The van der Waals surface area contributed by atoms with Gasteiger partial charge in [0.25, 0.3) is 11.8 Å². The van der Waals surface area contributed by atoms with E-state index in [-0.39, 0.29) is 12.8 Å². The summed E-state index contributed by atoms with van der Waals surface area (Å²) < 4.78 is 20.8. The summed E-state index contributed by atoms with van der Waals surface area (Å²) in [6.07, 6.45) is -0.0808. The molecule has 4 amide bonds. The minimum Gasteiger partial charge on any atom is -0.497 e. The fraction of sp³-hybridized carbons (Fsp3) is 0.222. The van der Waals surface area contributed by atoms with Crippen LogP contribution in [0, 0.1) is 0 Å². The number of hydrogen-bond donors (Lipinski definition) is 4. The third-order valence-corrected chi connectivity index (χ3v) is 7.07. The zero-order valence-electron chi connectivity index (χ0n) is 27.2. The zero-order valence-corrected chi connectivity index (χ0v) is 27.2. The van der Waals surface area contributed by atoms with Crippen molar-refractivity contribution in [1.82, 2.24) is 10.6 Å². The first-order chi connectivity index (χ1) is 23.1. The van der Waals surface area contributed by atoms with Gasteiger partial charge in [0, 0.05) is 59.3 Å².